The molecule has 0 amide bonds. The summed E-state index contributed by atoms with van der Waals surface area (Å²) in [6, 6.07) is 12.9. The van der Waals surface area contributed by atoms with Crippen molar-refractivity contribution >= 4 is 5.97 Å². The molecule has 2 N–H and O–H groups in total. The van der Waals surface area contributed by atoms with Gasteiger partial charge in [0.2, 0.25) is 0 Å². The van der Waals surface area contributed by atoms with E-state index in [4.69, 9.17) is 0 Å². The molecule has 0 unspecified atom stereocenters. The van der Waals surface area contributed by atoms with Gasteiger partial charge in [-0.25, -0.2) is 0 Å². The normalized spacial score (nSPS) is 28.4. The molecule has 4 atom stereocenters. The van der Waals surface area contributed by atoms with Gasteiger partial charge in [-0.15, -0.1) is 0 Å². The Morgan fingerprint density at radius 3 is 2.45 bits per heavy atom. The first-order valence-corrected chi connectivity index (χ1v) is 11.5. The number of aliphatic hydroxyl groups excluding tert-OH is 1. The Balaban J connectivity index is 1.58. The first-order valence-electron chi connectivity index (χ1n) is 11.5. The van der Waals surface area contributed by atoms with Crippen LogP contribution in [-0.4, -0.2) is 44.8 Å². The number of carboxylic acids is 1. The van der Waals surface area contributed by atoms with Gasteiger partial charge in [0.25, 0.3) is 5.56 Å². The summed E-state index contributed by atoms with van der Waals surface area (Å²) >= 11 is 0. The lowest BCUT2D eigenvalue weighted by Gasteiger charge is -2.40. The fourth-order valence-corrected chi connectivity index (χ4v) is 6.26. The molecule has 3 aliphatic rings. The molecule has 1 aromatic heterocycles. The number of aromatic nitrogens is 1. The van der Waals surface area contributed by atoms with Crippen molar-refractivity contribution in [1.82, 2.24) is 9.47 Å². The molecular formula is C25H30N2O4. The SMILES string of the molecule is O=C(O)[C@H]1[C@H](CO)[C@H]2Cn3c(ccc(-c4ccccc4)c3=O)[C@@H]1N2CC1CCCCC1. The number of rotatable bonds is 5. The molecule has 2 fully saturated rings. The maximum absolute atomic E-state index is 13.4. The molecule has 1 saturated carbocycles. The third-order valence-electron chi connectivity index (χ3n) is 7.73. The lowest BCUT2D eigenvalue weighted by Crippen LogP contribution is -2.48. The van der Waals surface area contributed by atoms with E-state index < -0.39 is 11.9 Å². The summed E-state index contributed by atoms with van der Waals surface area (Å²) < 4.78 is 1.78. The van der Waals surface area contributed by atoms with E-state index in [0.29, 0.717) is 18.0 Å². The average molecular weight is 423 g/mol. The lowest BCUT2D eigenvalue weighted by molar-refractivity contribution is -0.144. The average Bonchev–Trinajstić information content (AvgIpc) is 3.00. The zero-order valence-corrected chi connectivity index (χ0v) is 17.7. The molecule has 1 aromatic carbocycles. The number of hydrogen-bond acceptors (Lipinski definition) is 4. The van der Waals surface area contributed by atoms with Gasteiger partial charge < -0.3 is 14.8 Å². The number of carbonyl (C=O) groups is 1. The van der Waals surface area contributed by atoms with Crippen LogP contribution in [0.2, 0.25) is 0 Å². The second kappa shape index (κ2) is 8.24. The molecule has 1 aliphatic carbocycles. The van der Waals surface area contributed by atoms with E-state index in [1.165, 1.54) is 32.1 Å². The Kier molecular flexibility index (Phi) is 5.44. The maximum atomic E-state index is 13.4. The predicted molar refractivity (Wildman–Crippen MR) is 118 cm³/mol. The van der Waals surface area contributed by atoms with Crippen LogP contribution in [0.15, 0.2) is 47.3 Å². The molecule has 3 heterocycles. The lowest BCUT2D eigenvalue weighted by atomic mass is 9.87. The van der Waals surface area contributed by atoms with Crippen LogP contribution >= 0.6 is 0 Å². The highest BCUT2D eigenvalue weighted by molar-refractivity contribution is 5.73. The zero-order valence-electron chi connectivity index (χ0n) is 17.7. The van der Waals surface area contributed by atoms with Crippen LogP contribution in [-0.2, 0) is 11.3 Å². The van der Waals surface area contributed by atoms with Crippen molar-refractivity contribution in [2.45, 2.75) is 50.7 Å². The fourth-order valence-electron chi connectivity index (χ4n) is 6.26. The van der Waals surface area contributed by atoms with E-state index in [-0.39, 0.29) is 30.2 Å². The van der Waals surface area contributed by atoms with Gasteiger partial charge in [0.15, 0.2) is 0 Å². The Labute approximate surface area is 182 Å². The molecule has 0 spiro atoms. The molecule has 6 nitrogen and oxygen atoms in total. The molecule has 31 heavy (non-hydrogen) atoms. The third-order valence-corrected chi connectivity index (χ3v) is 7.73. The summed E-state index contributed by atoms with van der Waals surface area (Å²) in [6.45, 7) is 1.12. The number of aliphatic carboxylic acids is 1. The van der Waals surface area contributed by atoms with Gasteiger partial charge in [0.05, 0.1) is 12.0 Å². The zero-order chi connectivity index (χ0) is 21.5. The van der Waals surface area contributed by atoms with Crippen molar-refractivity contribution in [2.24, 2.45) is 17.8 Å². The van der Waals surface area contributed by atoms with Crippen LogP contribution in [0.25, 0.3) is 11.1 Å². The second-order valence-corrected chi connectivity index (χ2v) is 9.38. The van der Waals surface area contributed by atoms with Crippen LogP contribution in [0.3, 0.4) is 0 Å². The number of fused-ring (bicyclic) bond motifs is 4. The number of nitrogens with zero attached hydrogens (tertiary/aromatic N) is 2. The van der Waals surface area contributed by atoms with Gasteiger partial charge in [0, 0.05) is 42.9 Å². The topological polar surface area (TPSA) is 82.8 Å². The highest BCUT2D eigenvalue weighted by Gasteiger charge is 2.56. The molecule has 164 valence electrons. The molecular weight excluding hydrogens is 392 g/mol. The monoisotopic (exact) mass is 422 g/mol. The standard InChI is InChI=1S/C25H30N2O4/c28-15-19-21-14-27-20(12-11-18(24(27)29)17-9-5-2-6-10-17)23(22(19)25(30)31)26(21)13-16-7-3-1-4-8-16/h2,5-6,9-12,16,19,21-23,28H,1,3-4,7-8,13-15H2,(H,30,31)/t19-,21-,22+,23+/m1/s1. The predicted octanol–water partition coefficient (Wildman–Crippen LogP) is 3.14. The van der Waals surface area contributed by atoms with Crippen LogP contribution < -0.4 is 5.56 Å². The van der Waals surface area contributed by atoms with Crippen LogP contribution in [0.1, 0.15) is 43.8 Å². The summed E-state index contributed by atoms with van der Waals surface area (Å²) in [5.41, 5.74) is 2.21. The highest BCUT2D eigenvalue weighted by atomic mass is 16.4. The van der Waals surface area contributed by atoms with E-state index in [1.54, 1.807) is 4.57 Å². The van der Waals surface area contributed by atoms with Crippen molar-refractivity contribution in [2.75, 3.05) is 13.2 Å². The smallest absolute Gasteiger partial charge is 0.308 e. The number of benzene rings is 1. The van der Waals surface area contributed by atoms with Crippen molar-refractivity contribution in [1.29, 1.82) is 0 Å². The fraction of sp³-hybridized carbons (Fsp3) is 0.520. The van der Waals surface area contributed by atoms with Crippen LogP contribution in [0, 0.1) is 17.8 Å². The Morgan fingerprint density at radius 2 is 1.77 bits per heavy atom. The third kappa shape index (κ3) is 3.42. The number of carboxylic acid groups (broad SMARTS) is 1. The molecule has 2 aliphatic heterocycles. The van der Waals surface area contributed by atoms with Gasteiger partial charge in [-0.3, -0.25) is 14.5 Å². The van der Waals surface area contributed by atoms with E-state index >= 15 is 0 Å². The van der Waals surface area contributed by atoms with E-state index in [9.17, 15) is 19.8 Å². The van der Waals surface area contributed by atoms with Gasteiger partial charge in [-0.05, 0) is 36.5 Å². The molecule has 5 rings (SSSR count). The summed E-state index contributed by atoms with van der Waals surface area (Å²) in [6.07, 6.45) is 6.10. The largest absolute Gasteiger partial charge is 0.481 e. The Bertz CT molecular complexity index is 1010. The molecule has 6 heteroatoms. The van der Waals surface area contributed by atoms with E-state index in [1.807, 2.05) is 42.5 Å². The second-order valence-electron chi connectivity index (χ2n) is 9.38. The molecule has 1 saturated heterocycles. The summed E-state index contributed by atoms with van der Waals surface area (Å²) in [4.78, 5) is 28.1. The first kappa shape index (κ1) is 20.5. The van der Waals surface area contributed by atoms with E-state index in [2.05, 4.69) is 4.90 Å². The number of pyridine rings is 1. The van der Waals surface area contributed by atoms with Gasteiger partial charge in [-0.2, -0.15) is 0 Å². The Hall–Kier alpha value is -2.44. The highest BCUT2D eigenvalue weighted by Crippen LogP contribution is 2.49. The molecule has 0 radical (unpaired) electrons. The van der Waals surface area contributed by atoms with Gasteiger partial charge in [-0.1, -0.05) is 49.6 Å². The van der Waals surface area contributed by atoms with Crippen molar-refractivity contribution in [3.8, 4) is 11.1 Å². The van der Waals surface area contributed by atoms with E-state index in [0.717, 1.165) is 17.8 Å². The number of aliphatic hydroxyl groups is 1. The van der Waals surface area contributed by atoms with Gasteiger partial charge in [0.1, 0.15) is 0 Å². The minimum atomic E-state index is -0.881. The van der Waals surface area contributed by atoms with Gasteiger partial charge >= 0.3 is 5.97 Å². The Morgan fingerprint density at radius 1 is 1.03 bits per heavy atom. The minimum Gasteiger partial charge on any atom is -0.481 e. The van der Waals surface area contributed by atoms with Crippen molar-refractivity contribution in [3.05, 3.63) is 58.5 Å². The van der Waals surface area contributed by atoms with Crippen LogP contribution in [0.4, 0.5) is 0 Å². The summed E-state index contributed by atoms with van der Waals surface area (Å²) in [5.74, 6) is -1.39. The summed E-state index contributed by atoms with van der Waals surface area (Å²) in [7, 11) is 0. The van der Waals surface area contributed by atoms with Crippen molar-refractivity contribution < 1.29 is 15.0 Å². The number of hydrogen-bond donors (Lipinski definition) is 2. The molecule has 2 bridgehead atoms. The maximum Gasteiger partial charge on any atom is 0.308 e. The first-order chi connectivity index (χ1) is 15.1. The minimum absolute atomic E-state index is 0.0706. The van der Waals surface area contributed by atoms with Crippen molar-refractivity contribution in [3.63, 3.8) is 0 Å². The van der Waals surface area contributed by atoms with Crippen LogP contribution in [0.5, 0.6) is 0 Å². The molecule has 2 aromatic rings. The summed E-state index contributed by atoms with van der Waals surface area (Å²) in [5, 5.41) is 20.2. The quantitative estimate of drug-likeness (QED) is 0.774.